The molecule has 2 amide bonds. The van der Waals surface area contributed by atoms with Gasteiger partial charge in [-0.1, -0.05) is 30.3 Å². The van der Waals surface area contributed by atoms with E-state index in [2.05, 4.69) is 27.2 Å². The number of nitrogens with zero attached hydrogens (tertiary/aromatic N) is 4. The average molecular weight is 446 g/mol. The molecule has 1 N–H and O–H groups in total. The Balaban J connectivity index is 1.36. The van der Waals surface area contributed by atoms with Gasteiger partial charge in [-0.05, 0) is 36.6 Å². The molecule has 2 fully saturated rings. The van der Waals surface area contributed by atoms with Crippen molar-refractivity contribution < 1.29 is 14.4 Å². The van der Waals surface area contributed by atoms with Gasteiger partial charge in [0.25, 0.3) is 5.91 Å². The van der Waals surface area contributed by atoms with Crippen molar-refractivity contribution in [3.8, 4) is 0 Å². The van der Waals surface area contributed by atoms with Crippen LogP contribution >= 0.6 is 0 Å². The highest BCUT2D eigenvalue weighted by atomic mass is 16.2. The normalized spacial score (nSPS) is 18.7. The van der Waals surface area contributed by atoms with Crippen LogP contribution in [0.1, 0.15) is 28.8 Å². The maximum atomic E-state index is 13.6. The summed E-state index contributed by atoms with van der Waals surface area (Å²) in [6.45, 7) is 3.03. The average Bonchev–Trinajstić information content (AvgIpc) is 3.33. The van der Waals surface area contributed by atoms with Crippen molar-refractivity contribution in [3.05, 3.63) is 65.9 Å². The summed E-state index contributed by atoms with van der Waals surface area (Å²) in [5.74, 6) is -0.0285. The van der Waals surface area contributed by atoms with Crippen LogP contribution in [0.25, 0.3) is 10.9 Å². The Hall–Kier alpha value is -3.52. The standard InChI is InChI=1S/C25H27N5O3/c31-15-14-29-12-13-30(18-19-4-2-1-3-5-19)25(24(29)33)8-10-28(11-9-25)23(32)20-6-7-22-21(16-20)17-26-27-22/h1-7,15-17H,8-14,18H2,(H,26,27). The van der Waals surface area contributed by atoms with Gasteiger partial charge in [0.15, 0.2) is 0 Å². The Labute approximate surface area is 192 Å². The Morgan fingerprint density at radius 3 is 2.61 bits per heavy atom. The van der Waals surface area contributed by atoms with E-state index in [1.165, 1.54) is 0 Å². The molecule has 0 radical (unpaired) electrons. The molecule has 2 saturated heterocycles. The lowest BCUT2D eigenvalue weighted by atomic mass is 9.81. The summed E-state index contributed by atoms with van der Waals surface area (Å²) in [5.41, 5.74) is 1.91. The van der Waals surface area contributed by atoms with Gasteiger partial charge < -0.3 is 14.6 Å². The molecule has 2 aromatic carbocycles. The number of hydrogen-bond donors (Lipinski definition) is 1. The number of H-pyrrole nitrogens is 1. The molecule has 8 heteroatoms. The quantitative estimate of drug-likeness (QED) is 0.608. The van der Waals surface area contributed by atoms with Crippen molar-refractivity contribution in [3.63, 3.8) is 0 Å². The van der Waals surface area contributed by atoms with Gasteiger partial charge in [-0.15, -0.1) is 0 Å². The van der Waals surface area contributed by atoms with Crippen LogP contribution in [0.4, 0.5) is 0 Å². The summed E-state index contributed by atoms with van der Waals surface area (Å²) in [4.78, 5) is 43.7. The Kier molecular flexibility index (Phi) is 5.68. The smallest absolute Gasteiger partial charge is 0.253 e. The van der Waals surface area contributed by atoms with E-state index in [0.29, 0.717) is 51.1 Å². The molecule has 3 heterocycles. The summed E-state index contributed by atoms with van der Waals surface area (Å²) in [5, 5.41) is 7.86. The van der Waals surface area contributed by atoms with E-state index in [0.717, 1.165) is 22.8 Å². The number of aromatic nitrogens is 2. The molecule has 0 saturated carbocycles. The highest BCUT2D eigenvalue weighted by Crippen LogP contribution is 2.35. The van der Waals surface area contributed by atoms with Crippen LogP contribution in [0.3, 0.4) is 0 Å². The lowest BCUT2D eigenvalue weighted by Gasteiger charge is -2.52. The number of benzene rings is 2. The second kappa shape index (κ2) is 8.78. The lowest BCUT2D eigenvalue weighted by molar-refractivity contribution is -0.157. The van der Waals surface area contributed by atoms with E-state index in [9.17, 15) is 14.4 Å². The molecule has 0 atom stereocenters. The van der Waals surface area contributed by atoms with Crippen LogP contribution < -0.4 is 0 Å². The van der Waals surface area contributed by atoms with Gasteiger partial charge in [-0.2, -0.15) is 5.10 Å². The third-order valence-electron chi connectivity index (χ3n) is 7.00. The third-order valence-corrected chi connectivity index (χ3v) is 7.00. The van der Waals surface area contributed by atoms with Crippen molar-refractivity contribution in [1.29, 1.82) is 0 Å². The van der Waals surface area contributed by atoms with Gasteiger partial charge >= 0.3 is 0 Å². The Bertz CT molecular complexity index is 1170. The largest absolute Gasteiger partial charge is 0.338 e. The number of nitrogens with one attached hydrogen (secondary N) is 1. The van der Waals surface area contributed by atoms with Gasteiger partial charge in [-0.25, -0.2) is 0 Å². The highest BCUT2D eigenvalue weighted by Gasteiger charge is 2.51. The molecular weight excluding hydrogens is 418 g/mol. The molecule has 3 aromatic rings. The molecule has 5 rings (SSSR count). The van der Waals surface area contributed by atoms with Crippen LogP contribution in [0.5, 0.6) is 0 Å². The lowest BCUT2D eigenvalue weighted by Crippen LogP contribution is -2.68. The SMILES string of the molecule is O=CCN1CCN(Cc2ccccc2)C2(CCN(C(=O)c3ccc4n[nH]cc4c3)CC2)C1=O. The van der Waals surface area contributed by atoms with Crippen molar-refractivity contribution in [1.82, 2.24) is 24.9 Å². The molecule has 170 valence electrons. The second-order valence-electron chi connectivity index (χ2n) is 8.81. The maximum Gasteiger partial charge on any atom is 0.253 e. The van der Waals surface area contributed by atoms with Crippen LogP contribution in [0.2, 0.25) is 0 Å². The number of fused-ring (bicyclic) bond motifs is 1. The zero-order valence-electron chi connectivity index (χ0n) is 18.4. The molecule has 2 aliphatic rings. The van der Waals surface area contributed by atoms with E-state index < -0.39 is 5.54 Å². The number of aldehydes is 1. The first-order valence-electron chi connectivity index (χ1n) is 11.4. The summed E-state index contributed by atoms with van der Waals surface area (Å²) >= 11 is 0. The first-order valence-corrected chi connectivity index (χ1v) is 11.4. The zero-order chi connectivity index (χ0) is 22.8. The second-order valence-corrected chi connectivity index (χ2v) is 8.81. The van der Waals surface area contributed by atoms with Gasteiger partial charge in [0, 0.05) is 49.9 Å². The van der Waals surface area contributed by atoms with Gasteiger partial charge in [-0.3, -0.25) is 19.6 Å². The van der Waals surface area contributed by atoms with Crippen LogP contribution in [-0.2, 0) is 16.1 Å². The summed E-state index contributed by atoms with van der Waals surface area (Å²) < 4.78 is 0. The van der Waals surface area contributed by atoms with Crippen molar-refractivity contribution in [2.24, 2.45) is 0 Å². The van der Waals surface area contributed by atoms with E-state index in [-0.39, 0.29) is 18.4 Å². The Morgan fingerprint density at radius 1 is 1.06 bits per heavy atom. The highest BCUT2D eigenvalue weighted by molar-refractivity contribution is 5.98. The molecule has 0 unspecified atom stereocenters. The molecule has 2 aliphatic heterocycles. The van der Waals surface area contributed by atoms with Crippen LogP contribution in [-0.4, -0.2) is 81.3 Å². The molecule has 0 bridgehead atoms. The molecular formula is C25H27N5O3. The zero-order valence-corrected chi connectivity index (χ0v) is 18.4. The maximum absolute atomic E-state index is 13.6. The summed E-state index contributed by atoms with van der Waals surface area (Å²) in [6, 6.07) is 15.6. The van der Waals surface area contributed by atoms with E-state index in [1.54, 1.807) is 17.2 Å². The first-order chi connectivity index (χ1) is 16.1. The fourth-order valence-corrected chi connectivity index (χ4v) is 5.15. The van der Waals surface area contributed by atoms with E-state index in [4.69, 9.17) is 0 Å². The minimum atomic E-state index is -0.692. The fraction of sp³-hybridized carbons (Fsp3) is 0.360. The Morgan fingerprint density at radius 2 is 1.85 bits per heavy atom. The van der Waals surface area contributed by atoms with Crippen molar-refractivity contribution >= 4 is 29.0 Å². The molecule has 0 aliphatic carbocycles. The molecule has 33 heavy (non-hydrogen) atoms. The van der Waals surface area contributed by atoms with Crippen molar-refractivity contribution in [2.75, 3.05) is 32.7 Å². The number of aromatic amines is 1. The number of piperazine rings is 1. The van der Waals surface area contributed by atoms with E-state index in [1.807, 2.05) is 35.2 Å². The number of likely N-dealkylation sites (tertiary alicyclic amines) is 1. The number of carbonyl (C=O) groups is 3. The monoisotopic (exact) mass is 445 g/mol. The van der Waals surface area contributed by atoms with Crippen molar-refractivity contribution in [2.45, 2.75) is 24.9 Å². The minimum absolute atomic E-state index is 0.00342. The third kappa shape index (κ3) is 3.91. The number of amides is 2. The number of hydrogen-bond acceptors (Lipinski definition) is 5. The predicted molar refractivity (Wildman–Crippen MR) is 123 cm³/mol. The van der Waals surface area contributed by atoms with Gasteiger partial charge in [0.1, 0.15) is 11.8 Å². The number of piperidine rings is 1. The summed E-state index contributed by atoms with van der Waals surface area (Å²) in [6.07, 6.45) is 3.67. The number of rotatable bonds is 5. The van der Waals surface area contributed by atoms with Gasteiger partial charge in [0.2, 0.25) is 5.91 Å². The predicted octanol–water partition coefficient (Wildman–Crippen LogP) is 2.08. The molecule has 1 spiro atoms. The topological polar surface area (TPSA) is 89.6 Å². The van der Waals surface area contributed by atoms with E-state index >= 15 is 0 Å². The number of carbonyl (C=O) groups excluding carboxylic acids is 3. The van der Waals surface area contributed by atoms with Gasteiger partial charge in [0.05, 0.1) is 12.1 Å². The fourth-order valence-electron chi connectivity index (χ4n) is 5.15. The molecule has 1 aromatic heterocycles. The molecule has 8 nitrogen and oxygen atoms in total. The van der Waals surface area contributed by atoms with Crippen LogP contribution in [0, 0.1) is 0 Å². The van der Waals surface area contributed by atoms with Crippen LogP contribution in [0.15, 0.2) is 54.7 Å². The first kappa shape index (κ1) is 21.3. The minimum Gasteiger partial charge on any atom is -0.338 e. The summed E-state index contributed by atoms with van der Waals surface area (Å²) in [7, 11) is 0.